The highest BCUT2D eigenvalue weighted by Gasteiger charge is 2.31. The van der Waals surface area contributed by atoms with Crippen molar-refractivity contribution in [3.05, 3.63) is 54.2 Å². The molecule has 98 valence electrons. The first-order chi connectivity index (χ1) is 9.64. The van der Waals surface area contributed by atoms with Gasteiger partial charge in [-0.15, -0.1) is 0 Å². The average Bonchev–Trinajstić information content (AvgIpc) is 2.85. The molecule has 5 heteroatoms. The molecule has 0 amide bonds. The number of benzene rings is 2. The van der Waals surface area contributed by atoms with E-state index in [9.17, 15) is 13.2 Å². The molecular formula is C15H9NO3S. The van der Waals surface area contributed by atoms with E-state index in [1.807, 2.05) is 24.3 Å². The number of aldehydes is 1. The summed E-state index contributed by atoms with van der Waals surface area (Å²) in [5, 5.41) is 0.752. The second kappa shape index (κ2) is 3.58. The summed E-state index contributed by atoms with van der Waals surface area (Å²) in [6, 6.07) is 14.0. The topological polar surface area (TPSA) is 56.1 Å². The third-order valence-corrected chi connectivity index (χ3v) is 5.41. The maximum atomic E-state index is 12.7. The molecule has 1 aromatic heterocycles. The molecule has 0 aliphatic carbocycles. The zero-order valence-electron chi connectivity index (χ0n) is 10.3. The van der Waals surface area contributed by atoms with Crippen molar-refractivity contribution in [1.29, 1.82) is 0 Å². The van der Waals surface area contributed by atoms with Crippen molar-refractivity contribution in [3.63, 3.8) is 0 Å². The molecule has 3 aromatic rings. The van der Waals surface area contributed by atoms with Gasteiger partial charge in [-0.1, -0.05) is 36.4 Å². The van der Waals surface area contributed by atoms with Crippen molar-refractivity contribution in [2.75, 3.05) is 0 Å². The molecule has 20 heavy (non-hydrogen) atoms. The van der Waals surface area contributed by atoms with Crippen molar-refractivity contribution < 1.29 is 13.2 Å². The Morgan fingerprint density at radius 2 is 1.70 bits per heavy atom. The van der Waals surface area contributed by atoms with E-state index in [0.717, 1.165) is 14.9 Å². The predicted molar refractivity (Wildman–Crippen MR) is 75.3 cm³/mol. The molecule has 0 radical (unpaired) electrons. The summed E-state index contributed by atoms with van der Waals surface area (Å²) in [6.07, 6.45) is 0.579. The molecule has 0 unspecified atom stereocenters. The van der Waals surface area contributed by atoms with E-state index < -0.39 is 10.0 Å². The Balaban J connectivity index is 2.35. The van der Waals surface area contributed by atoms with Crippen LogP contribution in [0.1, 0.15) is 10.5 Å². The van der Waals surface area contributed by atoms with Crippen molar-refractivity contribution in [2.24, 2.45) is 0 Å². The third kappa shape index (κ3) is 1.20. The van der Waals surface area contributed by atoms with Crippen molar-refractivity contribution in [2.45, 2.75) is 4.90 Å². The van der Waals surface area contributed by atoms with Gasteiger partial charge in [-0.3, -0.25) is 4.79 Å². The Labute approximate surface area is 115 Å². The molecule has 2 heterocycles. The lowest BCUT2D eigenvalue weighted by molar-refractivity contribution is 0.111. The minimum Gasteiger partial charge on any atom is -0.296 e. The molecule has 0 saturated heterocycles. The van der Waals surface area contributed by atoms with E-state index in [2.05, 4.69) is 0 Å². The number of fused-ring (bicyclic) bond motifs is 2. The molecule has 0 fully saturated rings. The zero-order chi connectivity index (χ0) is 13.9. The fraction of sp³-hybridized carbons (Fsp3) is 0. The summed E-state index contributed by atoms with van der Waals surface area (Å²) < 4.78 is 26.6. The molecule has 0 saturated carbocycles. The number of nitrogens with zero attached hydrogens (tertiary/aromatic N) is 1. The minimum atomic E-state index is -3.72. The van der Waals surface area contributed by atoms with Crippen LogP contribution in [0.4, 0.5) is 0 Å². The lowest BCUT2D eigenvalue weighted by Crippen LogP contribution is -2.19. The third-order valence-electron chi connectivity index (χ3n) is 3.62. The molecule has 0 spiro atoms. The van der Waals surface area contributed by atoms with Crippen LogP contribution in [-0.4, -0.2) is 18.7 Å². The first-order valence-electron chi connectivity index (χ1n) is 6.09. The molecule has 0 bridgehead atoms. The van der Waals surface area contributed by atoms with Gasteiger partial charge in [0.1, 0.15) is 0 Å². The highest BCUT2D eigenvalue weighted by atomic mass is 32.2. The molecule has 0 atom stereocenters. The largest absolute Gasteiger partial charge is 0.296 e. The van der Waals surface area contributed by atoms with Crippen LogP contribution in [0.5, 0.6) is 0 Å². The highest BCUT2D eigenvalue weighted by molar-refractivity contribution is 7.90. The first-order valence-corrected chi connectivity index (χ1v) is 7.53. The van der Waals surface area contributed by atoms with Gasteiger partial charge in [-0.25, -0.2) is 12.4 Å². The van der Waals surface area contributed by atoms with E-state index in [0.29, 0.717) is 17.4 Å². The lowest BCUT2D eigenvalue weighted by atomic mass is 10.0. The van der Waals surface area contributed by atoms with E-state index in [1.54, 1.807) is 24.3 Å². The van der Waals surface area contributed by atoms with Crippen LogP contribution in [0.25, 0.3) is 22.0 Å². The highest BCUT2D eigenvalue weighted by Crippen LogP contribution is 2.41. The average molecular weight is 283 g/mol. The van der Waals surface area contributed by atoms with Gasteiger partial charge in [0.2, 0.25) is 0 Å². The van der Waals surface area contributed by atoms with Gasteiger partial charge in [-0.2, -0.15) is 0 Å². The van der Waals surface area contributed by atoms with Gasteiger partial charge < -0.3 is 0 Å². The Kier molecular flexibility index (Phi) is 2.04. The predicted octanol–water partition coefficient (Wildman–Crippen LogP) is 2.67. The Hall–Kier alpha value is -2.40. The van der Waals surface area contributed by atoms with Crippen LogP contribution in [-0.2, 0) is 10.0 Å². The minimum absolute atomic E-state index is 0.155. The zero-order valence-corrected chi connectivity index (χ0v) is 11.1. The quantitative estimate of drug-likeness (QED) is 0.505. The number of carbonyl (C=O) groups is 1. The van der Waals surface area contributed by atoms with Gasteiger partial charge in [0.15, 0.2) is 6.29 Å². The van der Waals surface area contributed by atoms with E-state index >= 15 is 0 Å². The molecule has 4 rings (SSSR count). The number of carbonyl (C=O) groups excluding carboxylic acids is 1. The van der Waals surface area contributed by atoms with Gasteiger partial charge >= 0.3 is 0 Å². The van der Waals surface area contributed by atoms with Crippen molar-refractivity contribution in [1.82, 2.24) is 3.97 Å². The first kappa shape index (κ1) is 11.4. The standard InChI is InChI=1S/C15H9NO3S/c17-9-11-8-10-4-3-6-13-12-5-1-2-7-14(12)20(18,19)16(11)15(10)13/h1-9H. The van der Waals surface area contributed by atoms with Crippen LogP contribution in [0.2, 0.25) is 0 Å². The van der Waals surface area contributed by atoms with Crippen molar-refractivity contribution in [3.8, 4) is 11.1 Å². The Morgan fingerprint density at radius 3 is 2.50 bits per heavy atom. The van der Waals surface area contributed by atoms with Crippen LogP contribution >= 0.6 is 0 Å². The normalized spacial score (nSPS) is 15.0. The number of para-hydroxylation sites is 1. The fourth-order valence-corrected chi connectivity index (χ4v) is 4.54. The summed E-state index contributed by atoms with van der Waals surface area (Å²) in [5.74, 6) is 0. The van der Waals surface area contributed by atoms with E-state index in [4.69, 9.17) is 0 Å². The van der Waals surface area contributed by atoms with Gasteiger partial charge in [0.25, 0.3) is 10.0 Å². The van der Waals surface area contributed by atoms with E-state index in [1.165, 1.54) is 0 Å². The summed E-state index contributed by atoms with van der Waals surface area (Å²) in [5.41, 5.74) is 2.25. The second-order valence-electron chi connectivity index (χ2n) is 4.70. The molecular weight excluding hydrogens is 274 g/mol. The second-order valence-corrected chi connectivity index (χ2v) is 6.45. The monoisotopic (exact) mass is 283 g/mol. The maximum Gasteiger partial charge on any atom is 0.269 e. The maximum absolute atomic E-state index is 12.7. The SMILES string of the molecule is O=Cc1cc2cccc3c2n1S(=O)(=O)c1ccccc1-3. The summed E-state index contributed by atoms with van der Waals surface area (Å²) >= 11 is 0. The van der Waals surface area contributed by atoms with Gasteiger partial charge in [-0.05, 0) is 12.1 Å². The Bertz CT molecular complexity index is 984. The summed E-state index contributed by atoms with van der Waals surface area (Å²) in [7, 11) is -3.72. The summed E-state index contributed by atoms with van der Waals surface area (Å²) in [4.78, 5) is 11.4. The number of rotatable bonds is 1. The molecule has 0 N–H and O–H groups in total. The van der Waals surface area contributed by atoms with Crippen molar-refractivity contribution >= 4 is 27.2 Å². The van der Waals surface area contributed by atoms with Crippen LogP contribution in [0, 0.1) is 0 Å². The number of hydrogen-bond donors (Lipinski definition) is 0. The van der Waals surface area contributed by atoms with E-state index in [-0.39, 0.29) is 10.6 Å². The fourth-order valence-electron chi connectivity index (χ4n) is 2.82. The van der Waals surface area contributed by atoms with Crippen LogP contribution < -0.4 is 0 Å². The van der Waals surface area contributed by atoms with Gasteiger partial charge in [0.05, 0.1) is 16.1 Å². The smallest absolute Gasteiger partial charge is 0.269 e. The molecule has 4 nitrogen and oxygen atoms in total. The molecule has 1 aliphatic rings. The van der Waals surface area contributed by atoms with Gasteiger partial charge in [0, 0.05) is 16.5 Å². The number of aromatic nitrogens is 1. The lowest BCUT2D eigenvalue weighted by Gasteiger charge is -2.20. The van der Waals surface area contributed by atoms with Crippen LogP contribution in [0.15, 0.2) is 53.4 Å². The Morgan fingerprint density at radius 1 is 0.950 bits per heavy atom. The molecule has 1 aliphatic heterocycles. The summed E-state index contributed by atoms with van der Waals surface area (Å²) in [6.45, 7) is 0. The number of hydrogen-bond acceptors (Lipinski definition) is 3. The van der Waals surface area contributed by atoms with Crippen LogP contribution in [0.3, 0.4) is 0 Å². The molecule has 2 aromatic carbocycles.